The van der Waals surface area contributed by atoms with E-state index in [1.807, 2.05) is 0 Å². The molecule has 3 rings (SSSR count). The van der Waals surface area contributed by atoms with Crippen molar-refractivity contribution in [2.75, 3.05) is 4.90 Å². The van der Waals surface area contributed by atoms with E-state index in [9.17, 15) is 14.0 Å². The van der Waals surface area contributed by atoms with Crippen LogP contribution in [0.3, 0.4) is 0 Å². The van der Waals surface area contributed by atoms with Gasteiger partial charge in [0.15, 0.2) is 0 Å². The maximum atomic E-state index is 13.2. The van der Waals surface area contributed by atoms with Gasteiger partial charge in [0.05, 0.1) is 5.69 Å². The van der Waals surface area contributed by atoms with Crippen molar-refractivity contribution >= 4 is 35.3 Å². The largest absolute Gasteiger partial charge is 0.333 e. The molecule has 0 saturated carbocycles. The second kappa shape index (κ2) is 5.61. The average molecular weight is 317 g/mol. The first kappa shape index (κ1) is 14.3. The molecular weight excluding hydrogens is 307 g/mol. The standard InChI is InChI=1S/C16H10ClFN2O2/c17-11-4-2-6-13(9-11)20-15(21)14(19-16(20)22)8-10-3-1-5-12(18)7-10/h1-9H,(H,19,22)/b14-8-. The minimum absolute atomic E-state index is 0.0792. The smallest absolute Gasteiger partial charge is 0.302 e. The number of imide groups is 1. The van der Waals surface area contributed by atoms with Crippen LogP contribution in [-0.4, -0.2) is 11.9 Å². The van der Waals surface area contributed by atoms with E-state index in [-0.39, 0.29) is 5.70 Å². The van der Waals surface area contributed by atoms with Gasteiger partial charge in [-0.2, -0.15) is 0 Å². The Hall–Kier alpha value is -2.66. The molecule has 0 unspecified atom stereocenters. The number of anilines is 1. The number of hydrogen-bond donors (Lipinski definition) is 1. The number of amides is 3. The zero-order valence-corrected chi connectivity index (χ0v) is 12.0. The van der Waals surface area contributed by atoms with Crippen LogP contribution < -0.4 is 10.2 Å². The molecule has 2 aromatic carbocycles. The van der Waals surface area contributed by atoms with Crippen molar-refractivity contribution in [2.45, 2.75) is 0 Å². The van der Waals surface area contributed by atoms with Crippen molar-refractivity contribution in [2.24, 2.45) is 0 Å². The zero-order chi connectivity index (χ0) is 15.7. The molecule has 6 heteroatoms. The number of hydrogen-bond acceptors (Lipinski definition) is 2. The number of carbonyl (C=O) groups excluding carboxylic acids is 2. The van der Waals surface area contributed by atoms with Crippen LogP contribution in [0.4, 0.5) is 14.9 Å². The molecule has 0 bridgehead atoms. The van der Waals surface area contributed by atoms with E-state index in [0.717, 1.165) is 4.90 Å². The number of halogens is 2. The quantitative estimate of drug-likeness (QED) is 0.680. The van der Waals surface area contributed by atoms with Crippen molar-refractivity contribution in [1.82, 2.24) is 5.32 Å². The molecule has 1 aliphatic rings. The predicted molar refractivity (Wildman–Crippen MR) is 81.8 cm³/mol. The monoisotopic (exact) mass is 316 g/mol. The second-order valence-electron chi connectivity index (χ2n) is 4.66. The van der Waals surface area contributed by atoms with E-state index in [4.69, 9.17) is 11.6 Å². The molecule has 1 fully saturated rings. The topological polar surface area (TPSA) is 49.4 Å². The first-order chi connectivity index (χ1) is 10.5. The molecule has 0 spiro atoms. The van der Waals surface area contributed by atoms with Crippen molar-refractivity contribution < 1.29 is 14.0 Å². The summed E-state index contributed by atoms with van der Waals surface area (Å²) in [5, 5.41) is 2.89. The third-order valence-corrected chi connectivity index (χ3v) is 3.34. The highest BCUT2D eigenvalue weighted by atomic mass is 35.5. The maximum Gasteiger partial charge on any atom is 0.333 e. The molecule has 1 heterocycles. The van der Waals surface area contributed by atoms with Crippen LogP contribution in [0.15, 0.2) is 54.2 Å². The summed E-state index contributed by atoms with van der Waals surface area (Å²) in [6, 6.07) is 11.6. The summed E-state index contributed by atoms with van der Waals surface area (Å²) < 4.78 is 13.2. The lowest BCUT2D eigenvalue weighted by atomic mass is 10.2. The van der Waals surface area contributed by atoms with Gasteiger partial charge in [-0.05, 0) is 42.0 Å². The lowest BCUT2D eigenvalue weighted by molar-refractivity contribution is -0.113. The molecule has 22 heavy (non-hydrogen) atoms. The Bertz CT molecular complexity index is 804. The summed E-state index contributed by atoms with van der Waals surface area (Å²) in [6.45, 7) is 0. The van der Waals surface area contributed by atoms with Gasteiger partial charge in [-0.3, -0.25) is 4.79 Å². The van der Waals surface area contributed by atoms with Gasteiger partial charge in [0.2, 0.25) is 0 Å². The number of benzene rings is 2. The molecule has 1 aliphatic heterocycles. The van der Waals surface area contributed by atoms with Crippen LogP contribution in [0.5, 0.6) is 0 Å². The van der Waals surface area contributed by atoms with Crippen LogP contribution in [0.25, 0.3) is 6.08 Å². The van der Waals surface area contributed by atoms with Crippen LogP contribution >= 0.6 is 11.6 Å². The van der Waals surface area contributed by atoms with Crippen LogP contribution in [0.1, 0.15) is 5.56 Å². The SMILES string of the molecule is O=C1N/C(=C\c2cccc(F)c2)C(=O)N1c1cccc(Cl)c1. The van der Waals surface area contributed by atoms with Gasteiger partial charge in [0.25, 0.3) is 5.91 Å². The summed E-state index contributed by atoms with van der Waals surface area (Å²) in [4.78, 5) is 25.3. The Morgan fingerprint density at radius 2 is 1.86 bits per heavy atom. The highest BCUT2D eigenvalue weighted by Crippen LogP contribution is 2.24. The summed E-state index contributed by atoms with van der Waals surface area (Å²) in [5.74, 6) is -0.936. The average Bonchev–Trinajstić information content (AvgIpc) is 2.73. The third kappa shape index (κ3) is 2.71. The van der Waals surface area contributed by atoms with E-state index in [2.05, 4.69) is 5.32 Å². The fourth-order valence-corrected chi connectivity index (χ4v) is 2.33. The minimum Gasteiger partial charge on any atom is -0.302 e. The van der Waals surface area contributed by atoms with E-state index in [1.165, 1.54) is 30.3 Å². The number of nitrogens with zero attached hydrogens (tertiary/aromatic N) is 1. The molecule has 1 N–H and O–H groups in total. The van der Waals surface area contributed by atoms with Gasteiger partial charge in [-0.1, -0.05) is 29.8 Å². The van der Waals surface area contributed by atoms with E-state index in [0.29, 0.717) is 16.3 Å². The van der Waals surface area contributed by atoms with Gasteiger partial charge in [0, 0.05) is 5.02 Å². The fraction of sp³-hybridized carbons (Fsp3) is 0. The highest BCUT2D eigenvalue weighted by Gasteiger charge is 2.34. The second-order valence-corrected chi connectivity index (χ2v) is 5.10. The van der Waals surface area contributed by atoms with Gasteiger partial charge >= 0.3 is 6.03 Å². The summed E-state index contributed by atoms with van der Waals surface area (Å²) in [5.41, 5.74) is 0.935. The minimum atomic E-state index is -0.574. The molecule has 4 nitrogen and oxygen atoms in total. The molecule has 2 aromatic rings. The number of nitrogens with one attached hydrogen (secondary N) is 1. The van der Waals surface area contributed by atoms with Crippen LogP contribution in [0, 0.1) is 5.82 Å². The Labute approximate surface area is 130 Å². The van der Waals surface area contributed by atoms with E-state index >= 15 is 0 Å². The predicted octanol–water partition coefficient (Wildman–Crippen LogP) is 3.58. The maximum absolute atomic E-state index is 13.2. The molecular formula is C16H10ClFN2O2. The third-order valence-electron chi connectivity index (χ3n) is 3.10. The van der Waals surface area contributed by atoms with Crippen molar-refractivity contribution in [1.29, 1.82) is 0 Å². The summed E-state index contributed by atoms with van der Waals surface area (Å²) in [6.07, 6.45) is 1.42. The molecule has 3 amide bonds. The summed E-state index contributed by atoms with van der Waals surface area (Å²) >= 11 is 5.88. The van der Waals surface area contributed by atoms with Crippen molar-refractivity contribution in [3.63, 3.8) is 0 Å². The zero-order valence-electron chi connectivity index (χ0n) is 11.2. The first-order valence-electron chi connectivity index (χ1n) is 6.43. The molecule has 110 valence electrons. The Morgan fingerprint density at radius 3 is 2.59 bits per heavy atom. The lowest BCUT2D eigenvalue weighted by Gasteiger charge is -2.11. The first-order valence-corrected chi connectivity index (χ1v) is 6.81. The molecule has 0 atom stereocenters. The van der Waals surface area contributed by atoms with Gasteiger partial charge in [-0.15, -0.1) is 0 Å². The normalized spacial score (nSPS) is 16.3. The van der Waals surface area contributed by atoms with Gasteiger partial charge in [0.1, 0.15) is 11.5 Å². The lowest BCUT2D eigenvalue weighted by Crippen LogP contribution is -2.30. The van der Waals surface area contributed by atoms with E-state index in [1.54, 1.807) is 24.3 Å². The number of carbonyl (C=O) groups is 2. The van der Waals surface area contributed by atoms with E-state index < -0.39 is 17.8 Å². The number of rotatable bonds is 2. The Morgan fingerprint density at radius 1 is 1.09 bits per heavy atom. The van der Waals surface area contributed by atoms with Crippen LogP contribution in [0.2, 0.25) is 5.02 Å². The van der Waals surface area contributed by atoms with Crippen molar-refractivity contribution in [3.05, 3.63) is 70.6 Å². The fourth-order valence-electron chi connectivity index (χ4n) is 2.15. The molecule has 0 radical (unpaired) electrons. The summed E-state index contributed by atoms with van der Waals surface area (Å²) in [7, 11) is 0. The van der Waals surface area contributed by atoms with Gasteiger partial charge in [-0.25, -0.2) is 14.1 Å². The van der Waals surface area contributed by atoms with Crippen LogP contribution in [-0.2, 0) is 4.79 Å². The highest BCUT2D eigenvalue weighted by molar-refractivity contribution is 6.32. The molecule has 0 aliphatic carbocycles. The Kier molecular flexibility index (Phi) is 3.65. The molecule has 0 aromatic heterocycles. The Balaban J connectivity index is 1.95. The van der Waals surface area contributed by atoms with Crippen molar-refractivity contribution in [3.8, 4) is 0 Å². The number of urea groups is 1. The molecule has 1 saturated heterocycles. The van der Waals surface area contributed by atoms with Gasteiger partial charge < -0.3 is 5.32 Å².